The summed E-state index contributed by atoms with van der Waals surface area (Å²) < 4.78 is 2.17. The van der Waals surface area contributed by atoms with Crippen molar-refractivity contribution in [2.75, 3.05) is 47.3 Å². The van der Waals surface area contributed by atoms with E-state index in [4.69, 9.17) is 0 Å². The fourth-order valence-corrected chi connectivity index (χ4v) is 0.632. The van der Waals surface area contributed by atoms with E-state index in [0.717, 1.165) is 32.1 Å². The van der Waals surface area contributed by atoms with E-state index in [1.807, 2.05) is 20.9 Å². The Bertz CT molecular complexity index is 116. The predicted octanol–water partition coefficient (Wildman–Crippen LogP) is 3.57. The van der Waals surface area contributed by atoms with E-state index in [2.05, 4.69) is 73.0 Å². The number of nitrogens with zero attached hydrogens (tertiary/aromatic N) is 2. The maximum absolute atomic E-state index is 3.07. The summed E-state index contributed by atoms with van der Waals surface area (Å²) in [6.07, 6.45) is 0. The highest BCUT2D eigenvalue weighted by Crippen LogP contribution is 1.92. The molecule has 0 aromatic carbocycles. The van der Waals surface area contributed by atoms with Crippen LogP contribution in [-0.2, 0) is 0 Å². The lowest BCUT2D eigenvalue weighted by atomic mass is 10.2. The number of hydrogen-bond donors (Lipinski definition) is 1. The van der Waals surface area contributed by atoms with E-state index in [1.54, 1.807) is 0 Å². The van der Waals surface area contributed by atoms with Crippen molar-refractivity contribution in [1.29, 1.82) is 0 Å². The van der Waals surface area contributed by atoms with Crippen LogP contribution in [-0.4, -0.2) is 56.9 Å². The van der Waals surface area contributed by atoms with Crippen LogP contribution in [0.2, 0.25) is 0 Å². The molecule has 1 atom stereocenters. The molecule has 19 heavy (non-hydrogen) atoms. The van der Waals surface area contributed by atoms with Crippen molar-refractivity contribution in [3.05, 3.63) is 0 Å². The first-order valence-electron chi connectivity index (χ1n) is 7.64. The van der Waals surface area contributed by atoms with Crippen LogP contribution in [0.3, 0.4) is 0 Å². The average Bonchev–Trinajstić information content (AvgIpc) is 2.41. The summed E-state index contributed by atoms with van der Waals surface area (Å²) in [6.45, 7) is 19.3. The maximum atomic E-state index is 3.07. The summed E-state index contributed by atoms with van der Waals surface area (Å²) in [5, 5.41) is 3.07. The molecule has 0 heterocycles. The zero-order valence-corrected chi connectivity index (χ0v) is 16.5. The van der Waals surface area contributed by atoms with Crippen LogP contribution in [0.25, 0.3) is 0 Å². The normalized spacial score (nSPS) is 9.16. The van der Waals surface area contributed by atoms with E-state index in [1.165, 1.54) is 0 Å². The molecule has 0 aromatic rings. The molecule has 0 fully saturated rings. The van der Waals surface area contributed by atoms with Gasteiger partial charge >= 0.3 is 0 Å². The summed E-state index contributed by atoms with van der Waals surface area (Å²) in [4.78, 5) is 2.12. The van der Waals surface area contributed by atoms with E-state index < -0.39 is 0 Å². The number of nitrogens with one attached hydrogen (secondary N) is 1. The molecule has 0 saturated carbocycles. The molecule has 0 aliphatic carbocycles. The quantitative estimate of drug-likeness (QED) is 0.782. The molecule has 122 valence electrons. The van der Waals surface area contributed by atoms with Gasteiger partial charge in [-0.25, -0.2) is 0 Å². The standard InChI is InChI=1S/C5H13N.C4H12NP.C4H11N.C2H6/c1-5(2)4-6-3;1-3-5(6)4-2;1-4-5(2)3;1-2/h5-6H,4H2,1-3H3;3-4,6H2,1-2H3;4H2,1-3H3;1-2H3. The summed E-state index contributed by atoms with van der Waals surface area (Å²) >= 11 is 0. The third kappa shape index (κ3) is 56.2. The van der Waals surface area contributed by atoms with Gasteiger partial charge in [-0.2, -0.15) is 0 Å². The van der Waals surface area contributed by atoms with Gasteiger partial charge in [0.15, 0.2) is 0 Å². The van der Waals surface area contributed by atoms with Gasteiger partial charge in [-0.15, -0.1) is 0 Å². The first-order valence-corrected chi connectivity index (χ1v) is 8.16. The first kappa shape index (κ1) is 27.6. The Balaban J connectivity index is -0.0000000835. The van der Waals surface area contributed by atoms with Gasteiger partial charge in [0, 0.05) is 0 Å². The first-order chi connectivity index (χ1) is 8.85. The Hall–Kier alpha value is 0.310. The van der Waals surface area contributed by atoms with Gasteiger partial charge in [0.25, 0.3) is 0 Å². The van der Waals surface area contributed by atoms with Gasteiger partial charge in [-0.3, -0.25) is 4.67 Å². The van der Waals surface area contributed by atoms with Gasteiger partial charge in [-0.05, 0) is 53.2 Å². The zero-order chi connectivity index (χ0) is 16.3. The van der Waals surface area contributed by atoms with Crippen LogP contribution in [0, 0.1) is 5.92 Å². The highest BCUT2D eigenvalue weighted by Gasteiger charge is 1.84. The summed E-state index contributed by atoms with van der Waals surface area (Å²) in [5.74, 6) is 0.787. The van der Waals surface area contributed by atoms with Gasteiger partial charge in [0.1, 0.15) is 0 Å². The van der Waals surface area contributed by atoms with Crippen molar-refractivity contribution in [2.24, 2.45) is 5.92 Å². The van der Waals surface area contributed by atoms with Crippen LogP contribution < -0.4 is 5.32 Å². The van der Waals surface area contributed by atoms with Crippen molar-refractivity contribution >= 4 is 9.39 Å². The topological polar surface area (TPSA) is 18.5 Å². The molecule has 0 rings (SSSR count). The molecule has 0 radical (unpaired) electrons. The van der Waals surface area contributed by atoms with Crippen LogP contribution in [0.4, 0.5) is 0 Å². The second-order valence-corrected chi connectivity index (χ2v) is 5.30. The molecule has 0 amide bonds. The number of rotatable bonds is 5. The predicted molar refractivity (Wildman–Crippen MR) is 97.0 cm³/mol. The average molecular weight is 295 g/mol. The Kier molecular flexibility index (Phi) is 38.9. The molecule has 1 N–H and O–H groups in total. The molecule has 0 saturated heterocycles. The lowest BCUT2D eigenvalue weighted by Crippen LogP contribution is -2.12. The van der Waals surface area contributed by atoms with Crippen LogP contribution in [0.5, 0.6) is 0 Å². The second-order valence-electron chi connectivity index (χ2n) is 4.57. The van der Waals surface area contributed by atoms with Crippen molar-refractivity contribution in [1.82, 2.24) is 14.9 Å². The van der Waals surface area contributed by atoms with Crippen molar-refractivity contribution in [2.45, 2.75) is 48.5 Å². The maximum Gasteiger partial charge on any atom is -0.00124 e. The highest BCUT2D eigenvalue weighted by molar-refractivity contribution is 7.13. The molecule has 4 heteroatoms. The lowest BCUT2D eigenvalue weighted by molar-refractivity contribution is 0.434. The SMILES string of the molecule is CC.CCN(C)C.CCN(P)CC.CNCC(C)C. The second kappa shape index (κ2) is 26.8. The molecule has 0 bridgehead atoms. The van der Waals surface area contributed by atoms with Gasteiger partial charge in [0.2, 0.25) is 0 Å². The summed E-state index contributed by atoms with van der Waals surface area (Å²) in [7, 11) is 8.73. The minimum absolute atomic E-state index is 0.787. The van der Waals surface area contributed by atoms with E-state index in [-0.39, 0.29) is 0 Å². The van der Waals surface area contributed by atoms with Crippen molar-refractivity contribution in [3.63, 3.8) is 0 Å². The lowest BCUT2D eigenvalue weighted by Gasteiger charge is -2.06. The molecule has 0 aliphatic heterocycles. The smallest absolute Gasteiger partial charge is 0.00124 e. The van der Waals surface area contributed by atoms with E-state index in [0.29, 0.717) is 0 Å². The largest absolute Gasteiger partial charge is 0.319 e. The molecule has 3 nitrogen and oxygen atoms in total. The van der Waals surface area contributed by atoms with Crippen molar-refractivity contribution < 1.29 is 0 Å². The Morgan fingerprint density at radius 3 is 1.26 bits per heavy atom. The van der Waals surface area contributed by atoms with Gasteiger partial charge < -0.3 is 10.2 Å². The third-order valence-electron chi connectivity index (χ3n) is 2.06. The molecular formula is C15H42N3P. The minimum Gasteiger partial charge on any atom is -0.319 e. The monoisotopic (exact) mass is 295 g/mol. The molecular weight excluding hydrogens is 253 g/mol. The van der Waals surface area contributed by atoms with Crippen LogP contribution in [0.15, 0.2) is 0 Å². The summed E-state index contributed by atoms with van der Waals surface area (Å²) in [5.41, 5.74) is 0. The summed E-state index contributed by atoms with van der Waals surface area (Å²) in [6, 6.07) is 0. The molecule has 1 unspecified atom stereocenters. The van der Waals surface area contributed by atoms with Gasteiger partial charge in [0.05, 0.1) is 0 Å². The zero-order valence-electron chi connectivity index (χ0n) is 15.4. The molecule has 0 aliphatic rings. The van der Waals surface area contributed by atoms with E-state index in [9.17, 15) is 0 Å². The van der Waals surface area contributed by atoms with Crippen LogP contribution in [0.1, 0.15) is 48.5 Å². The Morgan fingerprint density at radius 2 is 1.26 bits per heavy atom. The van der Waals surface area contributed by atoms with E-state index >= 15 is 0 Å². The molecule has 0 spiro atoms. The highest BCUT2D eigenvalue weighted by atomic mass is 31.0. The minimum atomic E-state index is 0.787. The fourth-order valence-electron chi connectivity index (χ4n) is 0.632. The van der Waals surface area contributed by atoms with Crippen LogP contribution >= 0.6 is 9.39 Å². The fraction of sp³-hybridized carbons (Fsp3) is 1.00. The molecule has 0 aromatic heterocycles. The van der Waals surface area contributed by atoms with Gasteiger partial charge in [-0.1, -0.05) is 57.9 Å². The van der Waals surface area contributed by atoms with Crippen molar-refractivity contribution in [3.8, 4) is 0 Å². The Labute approximate surface area is 126 Å². The Morgan fingerprint density at radius 1 is 0.947 bits per heavy atom. The third-order valence-corrected chi connectivity index (χ3v) is 2.79. The number of hydrogen-bond acceptors (Lipinski definition) is 3.